The number of amides is 1. The molecule has 2 unspecified atom stereocenters. The van der Waals surface area contributed by atoms with Gasteiger partial charge in [-0.1, -0.05) is 12.7 Å². The summed E-state index contributed by atoms with van der Waals surface area (Å²) in [7, 11) is 0. The van der Waals surface area contributed by atoms with Crippen molar-refractivity contribution in [3.63, 3.8) is 0 Å². The number of aliphatic hydroxyl groups is 3. The molecule has 8 nitrogen and oxygen atoms in total. The lowest BCUT2D eigenvalue weighted by Crippen LogP contribution is -2.57. The third kappa shape index (κ3) is 2.62. The van der Waals surface area contributed by atoms with Gasteiger partial charge in [0.2, 0.25) is 11.6 Å². The predicted molar refractivity (Wildman–Crippen MR) is 103 cm³/mol. The number of aliphatic hydroxyl groups excluding tert-OH is 2. The highest BCUT2D eigenvalue weighted by Gasteiger charge is 2.60. The van der Waals surface area contributed by atoms with Crippen molar-refractivity contribution in [2.24, 2.45) is 16.8 Å². The van der Waals surface area contributed by atoms with E-state index in [1.54, 1.807) is 6.92 Å². The molecule has 0 bridgehead atoms. The molecule has 3 atom stereocenters. The van der Waals surface area contributed by atoms with E-state index in [1.807, 2.05) is 6.08 Å². The maximum absolute atomic E-state index is 13.0. The van der Waals surface area contributed by atoms with Crippen LogP contribution in [0.2, 0.25) is 0 Å². The molecule has 29 heavy (non-hydrogen) atoms. The lowest BCUT2D eigenvalue weighted by Gasteiger charge is -2.46. The van der Waals surface area contributed by atoms with Crippen molar-refractivity contribution in [3.05, 3.63) is 46.5 Å². The molecule has 0 spiro atoms. The van der Waals surface area contributed by atoms with Gasteiger partial charge >= 0.3 is 0 Å². The van der Waals surface area contributed by atoms with Crippen LogP contribution < -0.4 is 5.32 Å². The average molecular weight is 398 g/mol. The molecule has 1 aliphatic heterocycles. The summed E-state index contributed by atoms with van der Waals surface area (Å²) in [6.45, 7) is 6.01. The Labute approximate surface area is 167 Å². The van der Waals surface area contributed by atoms with Gasteiger partial charge in [-0.3, -0.25) is 19.4 Å². The summed E-state index contributed by atoms with van der Waals surface area (Å²) < 4.78 is 0. The monoisotopic (exact) mass is 398 g/mol. The number of aliphatic imine (C=N–C) groups is 1. The highest BCUT2D eigenvalue weighted by molar-refractivity contribution is 6.52. The van der Waals surface area contributed by atoms with Gasteiger partial charge in [0.05, 0.1) is 6.54 Å². The van der Waals surface area contributed by atoms with Crippen LogP contribution in [0.4, 0.5) is 0 Å². The number of nitrogens with zero attached hydrogens (tertiary/aromatic N) is 1. The minimum absolute atomic E-state index is 0.0304. The number of carbonyl (C=O) groups excluding carboxylic acids is 3. The predicted octanol–water partition coefficient (Wildman–Crippen LogP) is 0.997. The fourth-order valence-corrected chi connectivity index (χ4v) is 4.78. The number of allylic oxidation sites excluding steroid dienone is 3. The van der Waals surface area contributed by atoms with Gasteiger partial charge in [-0.15, -0.1) is 0 Å². The zero-order valence-corrected chi connectivity index (χ0v) is 16.0. The van der Waals surface area contributed by atoms with E-state index in [2.05, 4.69) is 16.9 Å². The molecule has 1 heterocycles. The lowest BCUT2D eigenvalue weighted by molar-refractivity contribution is -0.145. The largest absolute Gasteiger partial charge is 0.511 e. The van der Waals surface area contributed by atoms with Crippen molar-refractivity contribution in [1.29, 1.82) is 0 Å². The van der Waals surface area contributed by atoms with Crippen LogP contribution in [-0.4, -0.2) is 57.2 Å². The smallest absolute Gasteiger partial charge is 0.258 e. The number of ketones is 2. The van der Waals surface area contributed by atoms with Crippen LogP contribution in [0.3, 0.4) is 0 Å². The van der Waals surface area contributed by atoms with Gasteiger partial charge in [-0.2, -0.15) is 0 Å². The zero-order chi connectivity index (χ0) is 21.1. The number of likely N-dealkylation sites (N-methyl/N-ethyl adjacent to an activating group) is 1. The number of nitrogens with one attached hydrogen (secondary N) is 1. The normalized spacial score (nSPS) is 31.6. The Morgan fingerprint density at radius 3 is 2.76 bits per heavy atom. The summed E-state index contributed by atoms with van der Waals surface area (Å²) in [5.41, 5.74) is -1.32. The van der Waals surface area contributed by atoms with Crippen molar-refractivity contribution < 1.29 is 29.7 Å². The van der Waals surface area contributed by atoms with E-state index in [0.717, 1.165) is 11.1 Å². The van der Waals surface area contributed by atoms with E-state index < -0.39 is 52.0 Å². The number of Topliss-reactive ketones (excluding diaryl/α,β-unsaturated/α-hetero) is 2. The molecule has 0 aromatic carbocycles. The molecular weight excluding hydrogens is 376 g/mol. The molecule has 1 fully saturated rings. The van der Waals surface area contributed by atoms with Gasteiger partial charge in [-0.05, 0) is 36.8 Å². The van der Waals surface area contributed by atoms with Gasteiger partial charge in [0.15, 0.2) is 5.60 Å². The minimum Gasteiger partial charge on any atom is -0.511 e. The van der Waals surface area contributed by atoms with E-state index in [4.69, 9.17) is 0 Å². The van der Waals surface area contributed by atoms with Crippen LogP contribution in [0.25, 0.3) is 0 Å². The standard InChI is InChI=1S/C21H22N2O6/c1-3-22-20(28)15-13(24)7-12-6-10-5-11-4-9(2)8-23-16(11)17(25)14(10)18(26)21(12,29)19(15)27/h4,10,12,24,26,29H,2-3,5-8H2,1H3,(H,22,28)/t10?,12?,21-/m0/s1. The zero-order valence-electron chi connectivity index (χ0n) is 16.0. The Morgan fingerprint density at radius 2 is 2.07 bits per heavy atom. The second-order valence-corrected chi connectivity index (χ2v) is 7.90. The van der Waals surface area contributed by atoms with Gasteiger partial charge in [-0.25, -0.2) is 0 Å². The Balaban J connectivity index is 1.81. The summed E-state index contributed by atoms with van der Waals surface area (Å²) in [5.74, 6) is -4.84. The number of carbonyl (C=O) groups is 3. The molecule has 0 radical (unpaired) electrons. The summed E-state index contributed by atoms with van der Waals surface area (Å²) in [4.78, 5) is 42.6. The van der Waals surface area contributed by atoms with Gasteiger partial charge < -0.3 is 20.6 Å². The van der Waals surface area contributed by atoms with Gasteiger partial charge in [0.25, 0.3) is 5.91 Å². The highest BCUT2D eigenvalue weighted by atomic mass is 16.3. The number of dihydropyridines is 1. The summed E-state index contributed by atoms with van der Waals surface area (Å²) in [6, 6.07) is 0. The second-order valence-electron chi connectivity index (χ2n) is 7.90. The molecule has 0 aromatic rings. The highest BCUT2D eigenvalue weighted by Crippen LogP contribution is 2.51. The van der Waals surface area contributed by atoms with Crippen LogP contribution in [0.1, 0.15) is 26.2 Å². The average Bonchev–Trinajstić information content (AvgIpc) is 2.65. The Morgan fingerprint density at radius 1 is 1.34 bits per heavy atom. The first-order chi connectivity index (χ1) is 13.7. The molecule has 4 N–H and O–H groups in total. The molecule has 8 heteroatoms. The van der Waals surface area contributed by atoms with Crippen LogP contribution >= 0.6 is 0 Å². The molecule has 0 saturated heterocycles. The molecule has 1 amide bonds. The summed E-state index contributed by atoms with van der Waals surface area (Å²) in [5, 5.41) is 34.9. The fraction of sp³-hybridized carbons (Fsp3) is 0.429. The first-order valence-electron chi connectivity index (χ1n) is 9.59. The Hall–Kier alpha value is -3.00. The van der Waals surface area contributed by atoms with Crippen LogP contribution in [0, 0.1) is 11.8 Å². The van der Waals surface area contributed by atoms with E-state index >= 15 is 0 Å². The first-order valence-corrected chi connectivity index (χ1v) is 9.59. The van der Waals surface area contributed by atoms with Crippen molar-refractivity contribution >= 4 is 23.2 Å². The molecule has 1 saturated carbocycles. The van der Waals surface area contributed by atoms with E-state index in [1.165, 1.54) is 0 Å². The number of fused-ring (bicyclic) bond motifs is 3. The molecule has 4 aliphatic rings. The quantitative estimate of drug-likeness (QED) is 0.512. The third-order valence-corrected chi connectivity index (χ3v) is 6.10. The number of rotatable bonds is 2. The first kappa shape index (κ1) is 19.3. The molecule has 0 aromatic heterocycles. The van der Waals surface area contributed by atoms with Gasteiger partial charge in [0.1, 0.15) is 22.8 Å². The van der Waals surface area contributed by atoms with E-state index in [9.17, 15) is 29.7 Å². The van der Waals surface area contributed by atoms with Crippen molar-refractivity contribution in [2.45, 2.75) is 31.8 Å². The van der Waals surface area contributed by atoms with Crippen molar-refractivity contribution in [2.75, 3.05) is 13.1 Å². The van der Waals surface area contributed by atoms with Crippen molar-refractivity contribution in [3.8, 4) is 0 Å². The Bertz CT molecular complexity index is 999. The van der Waals surface area contributed by atoms with Gasteiger partial charge in [0, 0.05) is 24.5 Å². The maximum atomic E-state index is 13.0. The maximum Gasteiger partial charge on any atom is 0.258 e. The molecule has 152 valence electrons. The van der Waals surface area contributed by atoms with Crippen LogP contribution in [-0.2, 0) is 14.4 Å². The lowest BCUT2D eigenvalue weighted by atomic mass is 9.60. The fourth-order valence-electron chi connectivity index (χ4n) is 4.78. The minimum atomic E-state index is -2.42. The summed E-state index contributed by atoms with van der Waals surface area (Å²) >= 11 is 0. The third-order valence-electron chi connectivity index (χ3n) is 6.10. The SMILES string of the molecule is C=C1C=C2CC3CC4CC(O)=C(C(=O)NCC)C(=O)[C@@]4(O)C(O)=C3C(=O)C2=NC1. The van der Waals surface area contributed by atoms with E-state index in [-0.39, 0.29) is 37.2 Å². The van der Waals surface area contributed by atoms with E-state index in [0.29, 0.717) is 6.42 Å². The molecular formula is C21H22N2O6. The second kappa shape index (κ2) is 6.52. The molecule has 3 aliphatic carbocycles. The number of hydrogen-bond acceptors (Lipinski definition) is 7. The topological polar surface area (TPSA) is 136 Å². The Kier molecular flexibility index (Phi) is 4.34. The summed E-state index contributed by atoms with van der Waals surface area (Å²) in [6.07, 6.45) is 2.28. The molecule has 4 rings (SSSR count). The van der Waals surface area contributed by atoms with Crippen molar-refractivity contribution in [1.82, 2.24) is 5.32 Å². The van der Waals surface area contributed by atoms with Crippen LogP contribution in [0.15, 0.2) is 51.5 Å². The number of hydrogen-bond donors (Lipinski definition) is 4. The van der Waals surface area contributed by atoms with Crippen LogP contribution in [0.5, 0.6) is 0 Å².